The average Bonchev–Trinajstić information content (AvgIpc) is 3.49. The topological polar surface area (TPSA) is 56.1 Å². The van der Waals surface area contributed by atoms with Gasteiger partial charge in [0, 0.05) is 12.6 Å². The molecule has 6 nitrogen and oxygen atoms in total. The molecule has 0 spiro atoms. The zero-order valence-electron chi connectivity index (χ0n) is 23.2. The zero-order chi connectivity index (χ0) is 30.4. The average molecular weight is 602 g/mol. The summed E-state index contributed by atoms with van der Waals surface area (Å²) in [6.45, 7) is 1.98. The zero-order valence-corrected chi connectivity index (χ0v) is 23.2. The smallest absolute Gasteiger partial charge is 0.371 e. The van der Waals surface area contributed by atoms with Crippen molar-refractivity contribution in [1.82, 2.24) is 25.1 Å². The third kappa shape index (κ3) is 5.53. The summed E-state index contributed by atoms with van der Waals surface area (Å²) in [5, 5.41) is 12.2. The molecular formula is C31H29F6N5O. The second kappa shape index (κ2) is 11.1. The number of ether oxygens (including phenoxy) is 1. The molecule has 0 amide bonds. The first kappa shape index (κ1) is 29.3. The predicted molar refractivity (Wildman–Crippen MR) is 144 cm³/mol. The molecule has 0 unspecified atom stereocenters. The van der Waals surface area contributed by atoms with Crippen LogP contribution in [-0.2, 0) is 35.8 Å². The standard InChI is InChI=1S/C31H29F6N5O/c1-20-38-39-40-42(20)27-17-29(23-10-6-3-7-11-23)28(13-12-26(27)41(29)18-21-8-4-2-5-9-21)43-19-22-14-24(30(32,33)34)16-25(15-22)31(35,36)37/h2-11,14-16,26-28H,12-13,17-19H2,1H3/t26-,27+,28+,29+/m0/s1. The molecule has 0 saturated carbocycles. The maximum Gasteiger partial charge on any atom is 0.416 e. The van der Waals surface area contributed by atoms with E-state index in [1.165, 1.54) is 0 Å². The molecule has 2 fully saturated rings. The molecule has 0 aliphatic carbocycles. The van der Waals surface area contributed by atoms with Crippen LogP contribution in [0.1, 0.15) is 58.9 Å². The van der Waals surface area contributed by atoms with Gasteiger partial charge in [-0.15, -0.1) is 5.10 Å². The van der Waals surface area contributed by atoms with Crippen molar-refractivity contribution in [3.8, 4) is 0 Å². The number of piperidine rings is 1. The Bertz CT molecular complexity index is 1530. The third-order valence-electron chi connectivity index (χ3n) is 8.67. The summed E-state index contributed by atoms with van der Waals surface area (Å²) < 4.78 is 89.7. The minimum absolute atomic E-state index is 0.00727. The SMILES string of the molecule is Cc1nnnn1[C@@H]1C[C@@]2(c3ccccc3)[C@H](OCc3cc(C(F)(F)F)cc(C(F)(F)F)c3)CC[C@@H]1N2Cc1ccccc1. The van der Waals surface area contributed by atoms with Crippen molar-refractivity contribution < 1.29 is 31.1 Å². The third-order valence-corrected chi connectivity index (χ3v) is 8.67. The van der Waals surface area contributed by atoms with Gasteiger partial charge in [-0.1, -0.05) is 60.7 Å². The molecule has 3 heterocycles. The van der Waals surface area contributed by atoms with Crippen molar-refractivity contribution in [1.29, 1.82) is 0 Å². The lowest BCUT2D eigenvalue weighted by Gasteiger charge is -2.50. The molecule has 2 bridgehead atoms. The van der Waals surface area contributed by atoms with E-state index in [9.17, 15) is 26.3 Å². The van der Waals surface area contributed by atoms with Gasteiger partial charge in [0.05, 0.1) is 35.4 Å². The van der Waals surface area contributed by atoms with Gasteiger partial charge in [-0.3, -0.25) is 4.90 Å². The molecule has 0 N–H and O–H groups in total. The number of hydrogen-bond acceptors (Lipinski definition) is 5. The summed E-state index contributed by atoms with van der Waals surface area (Å²) in [7, 11) is 0. The summed E-state index contributed by atoms with van der Waals surface area (Å²) in [5.74, 6) is 0.654. The van der Waals surface area contributed by atoms with Crippen LogP contribution in [0.4, 0.5) is 26.3 Å². The van der Waals surface area contributed by atoms with Crippen LogP contribution in [0.3, 0.4) is 0 Å². The van der Waals surface area contributed by atoms with E-state index in [2.05, 4.69) is 20.4 Å². The van der Waals surface area contributed by atoms with E-state index in [0.717, 1.165) is 23.3 Å². The Hall–Kier alpha value is -3.77. The predicted octanol–water partition coefficient (Wildman–Crippen LogP) is 7.11. The molecule has 226 valence electrons. The van der Waals surface area contributed by atoms with Gasteiger partial charge in [-0.05, 0) is 71.5 Å². The maximum absolute atomic E-state index is 13.6. The van der Waals surface area contributed by atoms with Crippen molar-refractivity contribution in [2.75, 3.05) is 0 Å². The Balaban J connectivity index is 1.42. The number of nitrogens with zero attached hydrogens (tertiary/aromatic N) is 5. The number of aromatic nitrogens is 4. The first-order valence-corrected chi connectivity index (χ1v) is 14.0. The monoisotopic (exact) mass is 601 g/mol. The van der Waals surface area contributed by atoms with Crippen molar-refractivity contribution >= 4 is 0 Å². The van der Waals surface area contributed by atoms with Gasteiger partial charge in [0.15, 0.2) is 0 Å². The summed E-state index contributed by atoms with van der Waals surface area (Å²) in [4.78, 5) is 2.37. The van der Waals surface area contributed by atoms with E-state index in [-0.39, 0.29) is 23.7 Å². The van der Waals surface area contributed by atoms with E-state index in [0.29, 0.717) is 31.6 Å². The van der Waals surface area contributed by atoms with Gasteiger partial charge in [0.2, 0.25) is 0 Å². The quantitative estimate of drug-likeness (QED) is 0.212. The van der Waals surface area contributed by atoms with E-state index in [4.69, 9.17) is 4.74 Å². The van der Waals surface area contributed by atoms with E-state index in [1.807, 2.05) is 72.3 Å². The molecule has 2 aliphatic heterocycles. The molecule has 0 radical (unpaired) electrons. The van der Waals surface area contributed by atoms with Crippen molar-refractivity contribution in [2.24, 2.45) is 0 Å². The number of tetrazole rings is 1. The summed E-state index contributed by atoms with van der Waals surface area (Å²) in [6, 6.07) is 21.1. The fraction of sp³-hybridized carbons (Fsp3) is 0.387. The molecule has 3 aromatic carbocycles. The Morgan fingerprint density at radius 1 is 0.814 bits per heavy atom. The van der Waals surface area contributed by atoms with Gasteiger partial charge in [0.1, 0.15) is 5.82 Å². The molecule has 2 aliphatic rings. The van der Waals surface area contributed by atoms with Crippen molar-refractivity contribution in [3.05, 3.63) is 113 Å². The number of fused-ring (bicyclic) bond motifs is 2. The number of rotatable bonds is 7. The van der Waals surface area contributed by atoms with Gasteiger partial charge >= 0.3 is 12.4 Å². The minimum Gasteiger partial charge on any atom is -0.371 e. The first-order chi connectivity index (χ1) is 20.5. The minimum atomic E-state index is -4.94. The van der Waals surface area contributed by atoms with Gasteiger partial charge < -0.3 is 4.74 Å². The lowest BCUT2D eigenvalue weighted by Crippen LogP contribution is -2.56. The first-order valence-electron chi connectivity index (χ1n) is 14.0. The molecule has 6 rings (SSSR count). The highest BCUT2D eigenvalue weighted by molar-refractivity contribution is 5.35. The van der Waals surface area contributed by atoms with Crippen LogP contribution < -0.4 is 0 Å². The Labute approximate surface area is 244 Å². The molecule has 43 heavy (non-hydrogen) atoms. The van der Waals surface area contributed by atoms with Crippen LogP contribution >= 0.6 is 0 Å². The lowest BCUT2D eigenvalue weighted by molar-refractivity contribution is -0.143. The Kier molecular flexibility index (Phi) is 7.54. The highest BCUT2D eigenvalue weighted by Gasteiger charge is 2.60. The number of alkyl halides is 6. The molecule has 1 aromatic heterocycles. The van der Waals surface area contributed by atoms with Gasteiger partial charge in [-0.25, -0.2) is 4.68 Å². The molecule has 4 aromatic rings. The Morgan fingerprint density at radius 3 is 2.02 bits per heavy atom. The fourth-order valence-corrected chi connectivity index (χ4v) is 6.85. The summed E-state index contributed by atoms with van der Waals surface area (Å²) in [6.07, 6.45) is -8.65. The highest BCUT2D eigenvalue weighted by Crippen LogP contribution is 2.56. The van der Waals surface area contributed by atoms with Crippen LogP contribution in [-0.4, -0.2) is 37.3 Å². The number of hydrogen-bond donors (Lipinski definition) is 0. The number of halogens is 6. The highest BCUT2D eigenvalue weighted by atomic mass is 19.4. The fourth-order valence-electron chi connectivity index (χ4n) is 6.85. The van der Waals surface area contributed by atoms with E-state index < -0.39 is 41.7 Å². The molecule has 4 atom stereocenters. The Morgan fingerprint density at radius 2 is 1.44 bits per heavy atom. The number of benzene rings is 3. The summed E-state index contributed by atoms with van der Waals surface area (Å²) in [5.41, 5.74) is -1.64. The van der Waals surface area contributed by atoms with Crippen LogP contribution in [0.15, 0.2) is 78.9 Å². The normalized spacial score (nSPS) is 24.4. The lowest BCUT2D eigenvalue weighted by atomic mass is 9.78. The molecule has 12 heteroatoms. The summed E-state index contributed by atoms with van der Waals surface area (Å²) >= 11 is 0. The van der Waals surface area contributed by atoms with Crippen molar-refractivity contribution in [2.45, 2.75) is 75.4 Å². The largest absolute Gasteiger partial charge is 0.416 e. The van der Waals surface area contributed by atoms with Crippen molar-refractivity contribution in [3.63, 3.8) is 0 Å². The van der Waals surface area contributed by atoms with Gasteiger partial charge in [-0.2, -0.15) is 26.3 Å². The van der Waals surface area contributed by atoms with Crippen LogP contribution in [0.5, 0.6) is 0 Å². The molecule has 2 saturated heterocycles. The second-order valence-corrected chi connectivity index (χ2v) is 11.2. The molecular weight excluding hydrogens is 572 g/mol. The van der Waals surface area contributed by atoms with Crippen LogP contribution in [0.25, 0.3) is 0 Å². The van der Waals surface area contributed by atoms with Crippen LogP contribution in [0.2, 0.25) is 0 Å². The van der Waals surface area contributed by atoms with Gasteiger partial charge in [0.25, 0.3) is 0 Å². The number of aryl methyl sites for hydroxylation is 1. The van der Waals surface area contributed by atoms with E-state index >= 15 is 0 Å². The maximum atomic E-state index is 13.6. The van der Waals surface area contributed by atoms with Crippen LogP contribution in [0, 0.1) is 6.92 Å². The van der Waals surface area contributed by atoms with E-state index in [1.54, 1.807) is 0 Å². The second-order valence-electron chi connectivity index (χ2n) is 11.2.